The van der Waals surface area contributed by atoms with E-state index in [0.717, 1.165) is 22.7 Å². The zero-order chi connectivity index (χ0) is 16.3. The summed E-state index contributed by atoms with van der Waals surface area (Å²) in [6, 6.07) is 15.7. The van der Waals surface area contributed by atoms with Gasteiger partial charge in [0.15, 0.2) is 0 Å². The van der Waals surface area contributed by atoms with Gasteiger partial charge in [0.05, 0.1) is 20.3 Å². The molecule has 1 saturated heterocycles. The smallest absolute Gasteiger partial charge is 0.221 e. The van der Waals surface area contributed by atoms with Gasteiger partial charge in [-0.1, -0.05) is 12.1 Å². The lowest BCUT2D eigenvalue weighted by Gasteiger charge is -2.43. The standard InChI is InChI=1S/C18H20N2O3/c1-13(21)19-15-5-7-16(8-6-15)20-18(11-23-12-18)14-3-9-17(22-2)10-4-14/h3-10,20H,11-12H2,1-2H3,(H,19,21). The first-order chi connectivity index (χ1) is 11.1. The summed E-state index contributed by atoms with van der Waals surface area (Å²) in [7, 11) is 1.66. The molecular weight excluding hydrogens is 292 g/mol. The Balaban J connectivity index is 1.77. The molecule has 0 atom stereocenters. The molecule has 3 rings (SSSR count). The molecule has 5 nitrogen and oxygen atoms in total. The van der Waals surface area contributed by atoms with Gasteiger partial charge in [-0.3, -0.25) is 4.79 Å². The number of carbonyl (C=O) groups is 1. The Hall–Kier alpha value is -2.53. The van der Waals surface area contributed by atoms with Gasteiger partial charge in [0, 0.05) is 18.3 Å². The molecule has 23 heavy (non-hydrogen) atoms. The predicted octanol–water partition coefficient (Wildman–Crippen LogP) is 2.99. The number of amides is 1. The molecule has 0 radical (unpaired) electrons. The van der Waals surface area contributed by atoms with E-state index >= 15 is 0 Å². The Morgan fingerprint density at radius 1 is 1.04 bits per heavy atom. The number of hydrogen-bond acceptors (Lipinski definition) is 4. The first-order valence-electron chi connectivity index (χ1n) is 7.49. The van der Waals surface area contributed by atoms with Crippen LogP contribution in [0.25, 0.3) is 0 Å². The van der Waals surface area contributed by atoms with Crippen molar-refractivity contribution < 1.29 is 14.3 Å². The van der Waals surface area contributed by atoms with Crippen molar-refractivity contribution in [2.75, 3.05) is 31.0 Å². The third-order valence-electron chi connectivity index (χ3n) is 3.93. The van der Waals surface area contributed by atoms with Crippen molar-refractivity contribution >= 4 is 17.3 Å². The summed E-state index contributed by atoms with van der Waals surface area (Å²) in [5.74, 6) is 0.761. The van der Waals surface area contributed by atoms with Crippen LogP contribution >= 0.6 is 0 Å². The van der Waals surface area contributed by atoms with E-state index in [1.54, 1.807) is 7.11 Å². The van der Waals surface area contributed by atoms with E-state index in [9.17, 15) is 4.79 Å². The van der Waals surface area contributed by atoms with Crippen LogP contribution in [0.15, 0.2) is 48.5 Å². The van der Waals surface area contributed by atoms with Crippen LogP contribution in [-0.2, 0) is 15.1 Å². The molecule has 0 spiro atoms. The number of anilines is 2. The van der Waals surface area contributed by atoms with E-state index in [1.165, 1.54) is 6.92 Å². The molecule has 1 aliphatic heterocycles. The third kappa shape index (κ3) is 3.29. The van der Waals surface area contributed by atoms with Crippen LogP contribution in [0, 0.1) is 0 Å². The van der Waals surface area contributed by atoms with Crippen molar-refractivity contribution in [2.45, 2.75) is 12.5 Å². The second-order valence-corrected chi connectivity index (χ2v) is 5.69. The zero-order valence-corrected chi connectivity index (χ0v) is 13.3. The van der Waals surface area contributed by atoms with Gasteiger partial charge in [-0.2, -0.15) is 0 Å². The maximum Gasteiger partial charge on any atom is 0.221 e. The van der Waals surface area contributed by atoms with Crippen molar-refractivity contribution in [1.82, 2.24) is 0 Å². The van der Waals surface area contributed by atoms with Crippen LogP contribution in [-0.4, -0.2) is 26.2 Å². The van der Waals surface area contributed by atoms with Crippen LogP contribution in [0.1, 0.15) is 12.5 Å². The number of nitrogens with one attached hydrogen (secondary N) is 2. The van der Waals surface area contributed by atoms with Crippen LogP contribution < -0.4 is 15.4 Å². The lowest BCUT2D eigenvalue weighted by molar-refractivity contribution is -0.114. The lowest BCUT2D eigenvalue weighted by Crippen LogP contribution is -2.52. The normalized spacial score (nSPS) is 15.4. The summed E-state index contributed by atoms with van der Waals surface area (Å²) in [6.07, 6.45) is 0. The molecule has 1 amide bonds. The summed E-state index contributed by atoms with van der Waals surface area (Å²) in [6.45, 7) is 2.73. The van der Waals surface area contributed by atoms with Crippen molar-refractivity contribution in [2.24, 2.45) is 0 Å². The Morgan fingerprint density at radius 2 is 1.65 bits per heavy atom. The summed E-state index contributed by atoms with van der Waals surface area (Å²) in [5.41, 5.74) is 2.71. The van der Waals surface area contributed by atoms with Gasteiger partial charge >= 0.3 is 0 Å². The second-order valence-electron chi connectivity index (χ2n) is 5.69. The van der Waals surface area contributed by atoms with Gasteiger partial charge in [-0.05, 0) is 42.0 Å². The lowest BCUT2D eigenvalue weighted by atomic mass is 9.87. The quantitative estimate of drug-likeness (QED) is 0.891. The summed E-state index contributed by atoms with van der Waals surface area (Å²) >= 11 is 0. The van der Waals surface area contributed by atoms with E-state index < -0.39 is 0 Å². The molecule has 5 heteroatoms. The SMILES string of the molecule is COc1ccc(C2(Nc3ccc(NC(C)=O)cc3)COC2)cc1. The molecule has 1 aliphatic rings. The highest BCUT2D eigenvalue weighted by atomic mass is 16.5. The van der Waals surface area contributed by atoms with Crippen LogP contribution in [0.3, 0.4) is 0 Å². The number of carbonyl (C=O) groups excluding carboxylic acids is 1. The molecule has 120 valence electrons. The molecule has 1 heterocycles. The highest BCUT2D eigenvalue weighted by Gasteiger charge is 2.40. The van der Waals surface area contributed by atoms with E-state index in [0.29, 0.717) is 13.2 Å². The molecular formula is C18H20N2O3. The minimum absolute atomic E-state index is 0.0761. The van der Waals surface area contributed by atoms with Gasteiger partial charge in [0.2, 0.25) is 5.91 Å². The Labute approximate surface area is 135 Å². The van der Waals surface area contributed by atoms with Crippen LogP contribution in [0.2, 0.25) is 0 Å². The number of rotatable bonds is 5. The third-order valence-corrected chi connectivity index (χ3v) is 3.93. The van der Waals surface area contributed by atoms with Gasteiger partial charge in [0.25, 0.3) is 0 Å². The topological polar surface area (TPSA) is 59.6 Å². The molecule has 0 aliphatic carbocycles. The van der Waals surface area contributed by atoms with Gasteiger partial charge in [-0.15, -0.1) is 0 Å². The molecule has 0 unspecified atom stereocenters. The molecule has 0 bridgehead atoms. The predicted molar refractivity (Wildman–Crippen MR) is 89.9 cm³/mol. The first kappa shape index (κ1) is 15.4. The zero-order valence-electron chi connectivity index (χ0n) is 13.3. The number of hydrogen-bond donors (Lipinski definition) is 2. The van der Waals surface area contributed by atoms with E-state index in [1.807, 2.05) is 36.4 Å². The maximum absolute atomic E-state index is 11.1. The maximum atomic E-state index is 11.1. The van der Waals surface area contributed by atoms with E-state index in [-0.39, 0.29) is 11.4 Å². The monoisotopic (exact) mass is 312 g/mol. The van der Waals surface area contributed by atoms with Crippen molar-refractivity contribution in [3.63, 3.8) is 0 Å². The van der Waals surface area contributed by atoms with Gasteiger partial charge in [-0.25, -0.2) is 0 Å². The fourth-order valence-electron chi connectivity index (χ4n) is 2.64. The average Bonchev–Trinajstić information content (AvgIpc) is 2.52. The largest absolute Gasteiger partial charge is 0.497 e. The number of benzene rings is 2. The minimum Gasteiger partial charge on any atom is -0.497 e. The van der Waals surface area contributed by atoms with E-state index in [2.05, 4.69) is 22.8 Å². The first-order valence-corrected chi connectivity index (χ1v) is 7.49. The molecule has 2 aromatic carbocycles. The highest BCUT2D eigenvalue weighted by Crippen LogP contribution is 2.34. The fraction of sp³-hybridized carbons (Fsp3) is 0.278. The number of methoxy groups -OCH3 is 1. The summed E-state index contributed by atoms with van der Waals surface area (Å²) in [5, 5.41) is 6.31. The van der Waals surface area contributed by atoms with Gasteiger partial charge < -0.3 is 20.1 Å². The van der Waals surface area contributed by atoms with Crippen LogP contribution in [0.4, 0.5) is 11.4 Å². The Morgan fingerprint density at radius 3 is 2.13 bits per heavy atom. The van der Waals surface area contributed by atoms with Crippen molar-refractivity contribution in [1.29, 1.82) is 0 Å². The second kappa shape index (κ2) is 6.30. The number of ether oxygens (including phenoxy) is 2. The van der Waals surface area contributed by atoms with Crippen molar-refractivity contribution in [3.05, 3.63) is 54.1 Å². The summed E-state index contributed by atoms with van der Waals surface area (Å²) < 4.78 is 10.7. The van der Waals surface area contributed by atoms with Crippen LogP contribution in [0.5, 0.6) is 5.75 Å². The Bertz CT molecular complexity index is 676. The minimum atomic E-state index is -0.220. The average molecular weight is 312 g/mol. The molecule has 0 saturated carbocycles. The molecule has 0 aromatic heterocycles. The summed E-state index contributed by atoms with van der Waals surface area (Å²) in [4.78, 5) is 11.1. The Kier molecular flexibility index (Phi) is 4.21. The molecule has 2 N–H and O–H groups in total. The molecule has 1 fully saturated rings. The van der Waals surface area contributed by atoms with Crippen molar-refractivity contribution in [3.8, 4) is 5.75 Å². The molecule has 2 aromatic rings. The van der Waals surface area contributed by atoms with Gasteiger partial charge in [0.1, 0.15) is 11.3 Å². The fourth-order valence-corrected chi connectivity index (χ4v) is 2.64. The van der Waals surface area contributed by atoms with E-state index in [4.69, 9.17) is 9.47 Å². The highest BCUT2D eigenvalue weighted by molar-refractivity contribution is 5.88.